The van der Waals surface area contributed by atoms with Crippen molar-refractivity contribution in [1.29, 1.82) is 0 Å². The molecule has 0 unspecified atom stereocenters. The molecule has 1 aliphatic heterocycles. The fourth-order valence-electron chi connectivity index (χ4n) is 2.76. The topological polar surface area (TPSA) is 84.9 Å². The molecular weight excluding hydrogens is 344 g/mol. The highest BCUT2D eigenvalue weighted by atomic mass is 32.2. The van der Waals surface area contributed by atoms with Gasteiger partial charge in [-0.2, -0.15) is 0 Å². The van der Waals surface area contributed by atoms with Gasteiger partial charge in [0.05, 0.1) is 20.5 Å². The van der Waals surface area contributed by atoms with Gasteiger partial charge in [-0.1, -0.05) is 0 Å². The van der Waals surface area contributed by atoms with E-state index in [1.807, 2.05) is 0 Å². The van der Waals surface area contributed by atoms with Crippen LogP contribution in [0.25, 0.3) is 6.08 Å². The number of methoxy groups -OCH3 is 2. The Labute approximate surface area is 148 Å². The number of amides is 1. The van der Waals surface area contributed by atoms with Crippen molar-refractivity contribution in [3.8, 4) is 11.5 Å². The monoisotopic (exact) mass is 368 g/mol. The lowest BCUT2D eigenvalue weighted by Gasteiger charge is -2.31. The van der Waals surface area contributed by atoms with E-state index in [-0.39, 0.29) is 11.9 Å². The van der Waals surface area contributed by atoms with Gasteiger partial charge in [0.1, 0.15) is 11.5 Å². The first-order valence-electron chi connectivity index (χ1n) is 7.98. The predicted molar refractivity (Wildman–Crippen MR) is 96.2 cm³/mol. The molecule has 1 saturated heterocycles. The highest BCUT2D eigenvalue weighted by Crippen LogP contribution is 2.25. The average Bonchev–Trinajstić information content (AvgIpc) is 2.58. The van der Waals surface area contributed by atoms with Gasteiger partial charge in [-0.15, -0.1) is 0 Å². The number of benzene rings is 1. The third-order valence-electron chi connectivity index (χ3n) is 4.03. The van der Waals surface area contributed by atoms with Crippen molar-refractivity contribution in [1.82, 2.24) is 9.62 Å². The largest absolute Gasteiger partial charge is 0.497 e. The average molecular weight is 368 g/mol. The van der Waals surface area contributed by atoms with Crippen LogP contribution in [0.15, 0.2) is 24.3 Å². The van der Waals surface area contributed by atoms with E-state index in [0.717, 1.165) is 11.8 Å². The van der Waals surface area contributed by atoms with E-state index in [4.69, 9.17) is 9.47 Å². The van der Waals surface area contributed by atoms with Gasteiger partial charge in [0.2, 0.25) is 15.9 Å². The van der Waals surface area contributed by atoms with Crippen LogP contribution in [0.1, 0.15) is 18.4 Å². The van der Waals surface area contributed by atoms with Crippen molar-refractivity contribution in [2.75, 3.05) is 33.6 Å². The molecule has 1 aliphatic rings. The molecule has 1 amide bonds. The van der Waals surface area contributed by atoms with Crippen LogP contribution in [0.2, 0.25) is 0 Å². The van der Waals surface area contributed by atoms with Gasteiger partial charge in [-0.3, -0.25) is 4.79 Å². The lowest BCUT2D eigenvalue weighted by molar-refractivity contribution is -0.126. The first-order chi connectivity index (χ1) is 11.8. The van der Waals surface area contributed by atoms with Crippen molar-refractivity contribution in [3.05, 3.63) is 29.8 Å². The number of hydrogen-bond acceptors (Lipinski definition) is 5. The van der Waals surface area contributed by atoms with E-state index >= 15 is 0 Å². The van der Waals surface area contributed by atoms with E-state index < -0.39 is 10.0 Å². The van der Waals surface area contributed by atoms with Crippen molar-refractivity contribution >= 4 is 22.0 Å². The number of piperidine rings is 1. The molecule has 8 heteroatoms. The number of sulfonamides is 1. The van der Waals surface area contributed by atoms with Crippen LogP contribution in [-0.2, 0) is 14.8 Å². The Morgan fingerprint density at radius 2 is 1.92 bits per heavy atom. The van der Waals surface area contributed by atoms with Crippen molar-refractivity contribution in [2.24, 2.45) is 0 Å². The molecule has 1 aromatic carbocycles. The van der Waals surface area contributed by atoms with Crippen molar-refractivity contribution in [3.63, 3.8) is 0 Å². The van der Waals surface area contributed by atoms with Crippen LogP contribution in [0.5, 0.6) is 11.5 Å². The van der Waals surface area contributed by atoms with Gasteiger partial charge >= 0.3 is 0 Å². The van der Waals surface area contributed by atoms with E-state index in [1.54, 1.807) is 43.4 Å². The summed E-state index contributed by atoms with van der Waals surface area (Å²) in [5, 5.41) is 0. The second kappa shape index (κ2) is 8.35. The number of ether oxygens (including phenoxy) is 2. The van der Waals surface area contributed by atoms with Gasteiger partial charge in [-0.25, -0.2) is 13.1 Å². The van der Waals surface area contributed by atoms with Gasteiger partial charge in [-0.05, 0) is 37.1 Å². The van der Waals surface area contributed by atoms with Crippen molar-refractivity contribution in [2.45, 2.75) is 18.9 Å². The summed E-state index contributed by atoms with van der Waals surface area (Å²) in [6, 6.07) is 5.26. The Hall–Kier alpha value is -2.06. The van der Waals surface area contributed by atoms with Crippen LogP contribution in [0.3, 0.4) is 0 Å². The third-order valence-corrected chi connectivity index (χ3v) is 4.79. The highest BCUT2D eigenvalue weighted by Gasteiger charge is 2.23. The first-order valence-corrected chi connectivity index (χ1v) is 9.88. The highest BCUT2D eigenvalue weighted by molar-refractivity contribution is 7.88. The smallest absolute Gasteiger partial charge is 0.246 e. The molecule has 0 spiro atoms. The summed E-state index contributed by atoms with van der Waals surface area (Å²) >= 11 is 0. The van der Waals surface area contributed by atoms with E-state index in [1.165, 1.54) is 6.08 Å². The summed E-state index contributed by atoms with van der Waals surface area (Å²) in [5.41, 5.74) is 0.754. The van der Waals surface area contributed by atoms with Crippen LogP contribution >= 0.6 is 0 Å². The molecule has 7 nitrogen and oxygen atoms in total. The van der Waals surface area contributed by atoms with Gasteiger partial charge in [0.15, 0.2) is 0 Å². The SMILES string of the molecule is COc1ccc(OC)c(C=CC(=O)N2CCC(NS(C)(=O)=O)CC2)c1. The third kappa shape index (κ3) is 5.75. The van der Waals surface area contributed by atoms with Crippen LogP contribution in [0, 0.1) is 0 Å². The lowest BCUT2D eigenvalue weighted by Crippen LogP contribution is -2.45. The summed E-state index contributed by atoms with van der Waals surface area (Å²) in [5.74, 6) is 1.23. The Kier molecular flexibility index (Phi) is 6.44. The summed E-state index contributed by atoms with van der Waals surface area (Å²) in [6.45, 7) is 1.04. The molecule has 0 atom stereocenters. The molecule has 1 aromatic rings. The maximum atomic E-state index is 12.3. The maximum absolute atomic E-state index is 12.3. The molecule has 2 rings (SSSR count). The minimum absolute atomic E-state index is 0.109. The standard InChI is InChI=1S/C17H24N2O5S/c1-23-15-5-6-16(24-2)13(12-15)4-7-17(20)19-10-8-14(9-11-19)18-25(3,21)22/h4-7,12,14,18H,8-11H2,1-3H3. The zero-order chi connectivity index (χ0) is 18.4. The van der Waals surface area contributed by atoms with E-state index in [9.17, 15) is 13.2 Å². The molecular formula is C17H24N2O5S. The molecule has 0 radical (unpaired) electrons. The quantitative estimate of drug-likeness (QED) is 0.764. The fourth-order valence-corrected chi connectivity index (χ4v) is 3.60. The number of carbonyl (C=O) groups is 1. The number of hydrogen-bond donors (Lipinski definition) is 1. The molecule has 138 valence electrons. The molecule has 1 N–H and O–H groups in total. The molecule has 0 aromatic heterocycles. The molecule has 1 heterocycles. The normalized spacial score (nSPS) is 16.2. The fraction of sp³-hybridized carbons (Fsp3) is 0.471. The summed E-state index contributed by atoms with van der Waals surface area (Å²) in [4.78, 5) is 14.1. The molecule has 1 fully saturated rings. The summed E-state index contributed by atoms with van der Waals surface area (Å²) in [7, 11) is -0.0668. The minimum atomic E-state index is -3.22. The van der Waals surface area contributed by atoms with E-state index in [2.05, 4.69) is 4.72 Å². The first kappa shape index (κ1) is 19.3. The number of nitrogens with one attached hydrogen (secondary N) is 1. The van der Waals surface area contributed by atoms with Crippen LogP contribution < -0.4 is 14.2 Å². The summed E-state index contributed by atoms with van der Waals surface area (Å²) in [6.07, 6.45) is 5.56. The lowest BCUT2D eigenvalue weighted by atomic mass is 10.1. The minimum Gasteiger partial charge on any atom is -0.497 e. The Morgan fingerprint density at radius 1 is 1.24 bits per heavy atom. The maximum Gasteiger partial charge on any atom is 0.246 e. The van der Waals surface area contributed by atoms with Crippen LogP contribution in [-0.4, -0.2) is 58.8 Å². The zero-order valence-electron chi connectivity index (χ0n) is 14.7. The molecule has 0 aliphatic carbocycles. The second-order valence-electron chi connectivity index (χ2n) is 5.93. The van der Waals surface area contributed by atoms with Gasteiger partial charge in [0.25, 0.3) is 0 Å². The molecule has 0 saturated carbocycles. The van der Waals surface area contributed by atoms with Gasteiger partial charge in [0, 0.05) is 30.8 Å². The zero-order valence-corrected chi connectivity index (χ0v) is 15.5. The van der Waals surface area contributed by atoms with Gasteiger partial charge < -0.3 is 14.4 Å². The second-order valence-corrected chi connectivity index (χ2v) is 7.71. The number of likely N-dealkylation sites (tertiary alicyclic amines) is 1. The van der Waals surface area contributed by atoms with Crippen molar-refractivity contribution < 1.29 is 22.7 Å². The molecule has 0 bridgehead atoms. The van der Waals surface area contributed by atoms with Crippen LogP contribution in [0.4, 0.5) is 0 Å². The molecule has 25 heavy (non-hydrogen) atoms. The Bertz CT molecular complexity index is 737. The summed E-state index contributed by atoms with van der Waals surface area (Å²) < 4.78 is 35.6. The van der Waals surface area contributed by atoms with E-state index in [0.29, 0.717) is 37.4 Å². The Balaban J connectivity index is 1.98. The number of nitrogens with zero attached hydrogens (tertiary/aromatic N) is 1. The number of rotatable bonds is 6. The number of carbonyl (C=O) groups excluding carboxylic acids is 1. The Morgan fingerprint density at radius 3 is 2.48 bits per heavy atom. The predicted octanol–water partition coefficient (Wildman–Crippen LogP) is 1.26.